The van der Waals surface area contributed by atoms with Crippen molar-refractivity contribution in [2.75, 3.05) is 13.2 Å². The summed E-state index contributed by atoms with van der Waals surface area (Å²) in [7, 11) is 0. The van der Waals surface area contributed by atoms with Gasteiger partial charge in [0, 0.05) is 36.7 Å². The fraction of sp³-hybridized carbons (Fsp3) is 0.667. The number of nitrogens with one attached hydrogen (secondary N) is 1. The number of aromatic nitrogens is 1. The van der Waals surface area contributed by atoms with E-state index in [4.69, 9.17) is 4.74 Å². The second-order valence-electron chi connectivity index (χ2n) is 7.59. The van der Waals surface area contributed by atoms with E-state index >= 15 is 0 Å². The SMILES string of the molecule is Cc1cc(O)cc(=O)n1CCC(=O)NC[C@]12C[C@H]1COC21CCC1. The molecule has 24 heavy (non-hydrogen) atoms. The summed E-state index contributed by atoms with van der Waals surface area (Å²) in [6.07, 6.45) is 4.92. The molecule has 1 spiro atoms. The van der Waals surface area contributed by atoms with Gasteiger partial charge in [-0.1, -0.05) is 0 Å². The zero-order chi connectivity index (χ0) is 16.9. The summed E-state index contributed by atoms with van der Waals surface area (Å²) < 4.78 is 7.54. The Morgan fingerprint density at radius 2 is 2.25 bits per heavy atom. The van der Waals surface area contributed by atoms with Crippen molar-refractivity contribution in [3.05, 3.63) is 28.2 Å². The van der Waals surface area contributed by atoms with E-state index in [0.717, 1.165) is 19.4 Å². The second-order valence-corrected chi connectivity index (χ2v) is 7.59. The molecule has 2 aliphatic carbocycles. The van der Waals surface area contributed by atoms with Crippen molar-refractivity contribution in [3.8, 4) is 5.75 Å². The molecule has 3 aliphatic rings. The first-order chi connectivity index (χ1) is 11.5. The van der Waals surface area contributed by atoms with E-state index in [1.165, 1.54) is 29.5 Å². The van der Waals surface area contributed by atoms with Gasteiger partial charge in [0.25, 0.3) is 5.56 Å². The third-order valence-electron chi connectivity index (χ3n) is 6.34. The van der Waals surface area contributed by atoms with Crippen molar-refractivity contribution < 1.29 is 14.6 Å². The topological polar surface area (TPSA) is 80.6 Å². The van der Waals surface area contributed by atoms with Crippen molar-refractivity contribution >= 4 is 5.91 Å². The van der Waals surface area contributed by atoms with Crippen LogP contribution in [-0.2, 0) is 16.1 Å². The highest BCUT2D eigenvalue weighted by Crippen LogP contribution is 2.70. The normalized spacial score (nSPS) is 29.1. The van der Waals surface area contributed by atoms with E-state index < -0.39 is 0 Å². The maximum atomic E-state index is 12.2. The van der Waals surface area contributed by atoms with Gasteiger partial charge in [0.2, 0.25) is 5.91 Å². The number of fused-ring (bicyclic) bond motifs is 2. The largest absolute Gasteiger partial charge is 0.508 e. The minimum Gasteiger partial charge on any atom is -0.508 e. The van der Waals surface area contributed by atoms with Gasteiger partial charge in [0.05, 0.1) is 12.2 Å². The number of hydrogen-bond acceptors (Lipinski definition) is 4. The minimum absolute atomic E-state index is 0.0317. The molecule has 2 heterocycles. The number of rotatable bonds is 5. The van der Waals surface area contributed by atoms with Gasteiger partial charge in [-0.15, -0.1) is 0 Å². The molecule has 1 aromatic rings. The third-order valence-corrected chi connectivity index (χ3v) is 6.34. The van der Waals surface area contributed by atoms with Crippen molar-refractivity contribution in [2.45, 2.75) is 51.2 Å². The van der Waals surface area contributed by atoms with Gasteiger partial charge in [0.1, 0.15) is 5.75 Å². The van der Waals surface area contributed by atoms with Crippen molar-refractivity contribution in [2.24, 2.45) is 11.3 Å². The Morgan fingerprint density at radius 1 is 1.46 bits per heavy atom. The maximum absolute atomic E-state index is 12.2. The van der Waals surface area contributed by atoms with Crippen LogP contribution < -0.4 is 10.9 Å². The Bertz CT molecular complexity index is 737. The number of carbonyl (C=O) groups excluding carboxylic acids is 1. The molecule has 2 N–H and O–H groups in total. The van der Waals surface area contributed by atoms with E-state index in [9.17, 15) is 14.7 Å². The van der Waals surface area contributed by atoms with E-state index in [2.05, 4.69) is 5.32 Å². The number of ether oxygens (including phenoxy) is 1. The van der Waals surface area contributed by atoms with Crippen molar-refractivity contribution in [1.29, 1.82) is 0 Å². The fourth-order valence-electron chi connectivity index (χ4n) is 4.64. The van der Waals surface area contributed by atoms with Crippen LogP contribution in [0.15, 0.2) is 16.9 Å². The van der Waals surface area contributed by atoms with Gasteiger partial charge in [0.15, 0.2) is 0 Å². The Hall–Kier alpha value is -1.82. The molecule has 3 fully saturated rings. The predicted molar refractivity (Wildman–Crippen MR) is 87.8 cm³/mol. The average Bonchev–Trinajstić information content (AvgIpc) is 3.09. The van der Waals surface area contributed by atoms with Gasteiger partial charge in [-0.2, -0.15) is 0 Å². The molecular formula is C18H24N2O4. The Labute approximate surface area is 140 Å². The summed E-state index contributed by atoms with van der Waals surface area (Å²) in [5.74, 6) is 0.542. The summed E-state index contributed by atoms with van der Waals surface area (Å²) in [4.78, 5) is 24.1. The van der Waals surface area contributed by atoms with Gasteiger partial charge >= 0.3 is 0 Å². The minimum atomic E-state index is -0.279. The van der Waals surface area contributed by atoms with E-state index in [0.29, 0.717) is 24.7 Å². The number of pyridine rings is 1. The maximum Gasteiger partial charge on any atom is 0.254 e. The lowest BCUT2D eigenvalue weighted by molar-refractivity contribution is -0.125. The Morgan fingerprint density at radius 3 is 2.88 bits per heavy atom. The van der Waals surface area contributed by atoms with E-state index in [-0.39, 0.29) is 34.7 Å². The Kier molecular flexibility index (Phi) is 3.49. The molecule has 1 amide bonds. The molecule has 1 saturated heterocycles. The van der Waals surface area contributed by atoms with Gasteiger partial charge in [-0.3, -0.25) is 9.59 Å². The van der Waals surface area contributed by atoms with Crippen molar-refractivity contribution in [3.63, 3.8) is 0 Å². The molecule has 1 aliphatic heterocycles. The smallest absolute Gasteiger partial charge is 0.254 e. The molecule has 2 saturated carbocycles. The molecule has 2 atom stereocenters. The van der Waals surface area contributed by atoms with Crippen LogP contribution in [0.3, 0.4) is 0 Å². The highest BCUT2D eigenvalue weighted by Gasteiger charge is 2.73. The number of amides is 1. The second kappa shape index (κ2) is 5.34. The predicted octanol–water partition coefficient (Wildman–Crippen LogP) is 1.33. The van der Waals surface area contributed by atoms with Crippen LogP contribution in [0.1, 0.15) is 37.8 Å². The van der Waals surface area contributed by atoms with Gasteiger partial charge in [-0.25, -0.2) is 0 Å². The lowest BCUT2D eigenvalue weighted by Gasteiger charge is -2.45. The third kappa shape index (κ3) is 2.27. The molecule has 1 aromatic heterocycles. The van der Waals surface area contributed by atoms with Crippen LogP contribution in [0.5, 0.6) is 5.75 Å². The van der Waals surface area contributed by atoms with Gasteiger partial charge < -0.3 is 19.7 Å². The summed E-state index contributed by atoms with van der Waals surface area (Å²) in [5.41, 5.74) is 0.590. The summed E-state index contributed by atoms with van der Waals surface area (Å²) in [6, 6.07) is 2.71. The number of carbonyl (C=O) groups is 1. The lowest BCUT2D eigenvalue weighted by atomic mass is 9.68. The van der Waals surface area contributed by atoms with Crippen LogP contribution >= 0.6 is 0 Å². The van der Waals surface area contributed by atoms with Crippen LogP contribution in [0.4, 0.5) is 0 Å². The van der Waals surface area contributed by atoms with E-state index in [1.807, 2.05) is 0 Å². The molecule has 4 rings (SSSR count). The Balaban J connectivity index is 1.33. The standard InChI is InChI=1S/C18H24N2O4/c1-12-7-14(21)8-16(23)20(12)6-3-15(22)19-11-17-9-13(17)10-24-18(17)4-2-5-18/h7-8,13,21H,2-6,9-11H2,1H3,(H,19,22)/t13-,17+/m0/s1. The molecule has 0 bridgehead atoms. The fourth-order valence-corrected chi connectivity index (χ4v) is 4.64. The molecular weight excluding hydrogens is 308 g/mol. The van der Waals surface area contributed by atoms with Crippen LogP contribution in [0.2, 0.25) is 0 Å². The zero-order valence-corrected chi connectivity index (χ0v) is 14.0. The quantitative estimate of drug-likeness (QED) is 0.852. The first-order valence-electron chi connectivity index (χ1n) is 8.77. The van der Waals surface area contributed by atoms with Crippen LogP contribution in [0.25, 0.3) is 0 Å². The molecule has 6 nitrogen and oxygen atoms in total. The number of aromatic hydroxyl groups is 1. The molecule has 6 heteroatoms. The molecule has 130 valence electrons. The first kappa shape index (κ1) is 15.7. The molecule has 0 aromatic carbocycles. The van der Waals surface area contributed by atoms with Crippen LogP contribution in [0, 0.1) is 18.3 Å². The summed E-state index contributed by atoms with van der Waals surface area (Å²) in [6.45, 7) is 3.62. The van der Waals surface area contributed by atoms with Crippen molar-refractivity contribution in [1.82, 2.24) is 9.88 Å². The highest BCUT2D eigenvalue weighted by molar-refractivity contribution is 5.76. The monoisotopic (exact) mass is 332 g/mol. The summed E-state index contributed by atoms with van der Waals surface area (Å²) >= 11 is 0. The summed E-state index contributed by atoms with van der Waals surface area (Å²) in [5, 5.41) is 12.5. The number of hydrogen-bond donors (Lipinski definition) is 2. The number of nitrogens with zero attached hydrogens (tertiary/aromatic N) is 1. The molecule has 0 unspecified atom stereocenters. The van der Waals surface area contributed by atoms with Gasteiger partial charge in [-0.05, 0) is 44.6 Å². The number of aryl methyl sites for hydroxylation is 1. The first-order valence-corrected chi connectivity index (χ1v) is 8.77. The highest BCUT2D eigenvalue weighted by atomic mass is 16.5. The van der Waals surface area contributed by atoms with E-state index in [1.54, 1.807) is 6.92 Å². The average molecular weight is 332 g/mol. The lowest BCUT2D eigenvalue weighted by Crippen LogP contribution is -2.50. The van der Waals surface area contributed by atoms with Crippen LogP contribution in [-0.4, -0.2) is 34.3 Å². The molecule has 0 radical (unpaired) electrons. The zero-order valence-electron chi connectivity index (χ0n) is 14.0.